The maximum atomic E-state index is 15.0. The summed E-state index contributed by atoms with van der Waals surface area (Å²) in [5.41, 5.74) is 1.73. The lowest BCUT2D eigenvalue weighted by atomic mass is 9.75. The lowest BCUT2D eigenvalue weighted by Crippen LogP contribution is -2.24. The van der Waals surface area contributed by atoms with Crippen molar-refractivity contribution in [3.05, 3.63) is 52.9 Å². The fourth-order valence-electron chi connectivity index (χ4n) is 5.15. The van der Waals surface area contributed by atoms with Crippen LogP contribution < -0.4 is 4.74 Å². The van der Waals surface area contributed by atoms with Gasteiger partial charge in [0.05, 0.1) is 24.7 Å². The molecule has 1 aliphatic heterocycles. The Bertz CT molecular complexity index is 961. The van der Waals surface area contributed by atoms with E-state index in [-0.39, 0.29) is 23.7 Å². The number of rotatable bonds is 6. The van der Waals surface area contributed by atoms with Gasteiger partial charge in [-0.2, -0.15) is 0 Å². The molecule has 1 heterocycles. The van der Waals surface area contributed by atoms with Crippen LogP contribution in [-0.2, 0) is 4.74 Å². The molecule has 1 atom stereocenters. The van der Waals surface area contributed by atoms with Gasteiger partial charge in [0.1, 0.15) is 0 Å². The summed E-state index contributed by atoms with van der Waals surface area (Å²) in [5.74, 6) is -2.52. The summed E-state index contributed by atoms with van der Waals surface area (Å²) in [6, 6.07) is 4.72. The van der Waals surface area contributed by atoms with Crippen LogP contribution in [0.1, 0.15) is 70.3 Å². The number of fused-ring (bicyclic) bond motifs is 1. The second-order valence-corrected chi connectivity index (χ2v) is 8.79. The molecular formula is C26H31F3O2. The highest BCUT2D eigenvalue weighted by atomic mass is 19.2. The molecular weight excluding hydrogens is 401 g/mol. The average molecular weight is 433 g/mol. The average Bonchev–Trinajstić information content (AvgIpc) is 2.79. The van der Waals surface area contributed by atoms with Crippen molar-refractivity contribution in [3.63, 3.8) is 0 Å². The van der Waals surface area contributed by atoms with Crippen LogP contribution in [0.2, 0.25) is 0 Å². The number of benzene rings is 2. The van der Waals surface area contributed by atoms with Crippen LogP contribution >= 0.6 is 0 Å². The van der Waals surface area contributed by atoms with E-state index < -0.39 is 17.5 Å². The van der Waals surface area contributed by atoms with Gasteiger partial charge in [0.15, 0.2) is 23.2 Å². The van der Waals surface area contributed by atoms with E-state index in [4.69, 9.17) is 9.47 Å². The van der Waals surface area contributed by atoms with Gasteiger partial charge in [-0.25, -0.2) is 13.2 Å². The van der Waals surface area contributed by atoms with Crippen molar-refractivity contribution in [1.29, 1.82) is 0 Å². The molecule has 0 saturated heterocycles. The predicted molar refractivity (Wildman–Crippen MR) is 117 cm³/mol. The maximum absolute atomic E-state index is 15.0. The van der Waals surface area contributed by atoms with E-state index in [1.54, 1.807) is 19.1 Å². The van der Waals surface area contributed by atoms with E-state index in [0.29, 0.717) is 29.6 Å². The van der Waals surface area contributed by atoms with E-state index in [1.165, 1.54) is 11.6 Å². The molecule has 0 radical (unpaired) electrons. The van der Waals surface area contributed by atoms with Gasteiger partial charge in [-0.05, 0) is 85.9 Å². The minimum atomic E-state index is -1.11. The van der Waals surface area contributed by atoms with Crippen molar-refractivity contribution in [2.24, 2.45) is 5.92 Å². The molecule has 4 rings (SSSR count). The van der Waals surface area contributed by atoms with Gasteiger partial charge < -0.3 is 9.47 Å². The van der Waals surface area contributed by atoms with Crippen molar-refractivity contribution in [3.8, 4) is 5.75 Å². The van der Waals surface area contributed by atoms with Crippen molar-refractivity contribution < 1.29 is 22.6 Å². The van der Waals surface area contributed by atoms with Gasteiger partial charge >= 0.3 is 0 Å². The van der Waals surface area contributed by atoms with Crippen LogP contribution in [0.25, 0.3) is 10.8 Å². The SMILES string of the molecule is CCCC1CC=C(C2CCC(c3cc4ccc(OCC)c(F)c4c(F)c3F)CC2)CO1. The molecule has 1 saturated carbocycles. The van der Waals surface area contributed by atoms with Crippen LogP contribution in [0.3, 0.4) is 0 Å². The first-order chi connectivity index (χ1) is 15.0. The molecule has 2 aromatic rings. The topological polar surface area (TPSA) is 18.5 Å². The zero-order valence-electron chi connectivity index (χ0n) is 18.4. The zero-order chi connectivity index (χ0) is 22.0. The Hall–Kier alpha value is -2.01. The second kappa shape index (κ2) is 9.64. The quantitative estimate of drug-likeness (QED) is 0.442. The smallest absolute Gasteiger partial charge is 0.175 e. The van der Waals surface area contributed by atoms with Crippen molar-refractivity contribution in [2.75, 3.05) is 13.2 Å². The van der Waals surface area contributed by atoms with Crippen LogP contribution in [0.5, 0.6) is 5.75 Å². The lowest BCUT2D eigenvalue weighted by molar-refractivity contribution is 0.0486. The molecule has 5 heteroatoms. The van der Waals surface area contributed by atoms with E-state index >= 15 is 0 Å². The van der Waals surface area contributed by atoms with Gasteiger partial charge in [0.25, 0.3) is 0 Å². The normalized spacial score (nSPS) is 24.3. The summed E-state index contributed by atoms with van der Waals surface area (Å²) in [4.78, 5) is 0. The summed E-state index contributed by atoms with van der Waals surface area (Å²) in [6.07, 6.45) is 9.34. The molecule has 31 heavy (non-hydrogen) atoms. The third-order valence-electron chi connectivity index (χ3n) is 6.85. The fourth-order valence-corrected chi connectivity index (χ4v) is 5.15. The van der Waals surface area contributed by atoms with Crippen LogP contribution in [0, 0.1) is 23.4 Å². The summed E-state index contributed by atoms with van der Waals surface area (Å²) in [6.45, 7) is 4.85. The third-order valence-corrected chi connectivity index (χ3v) is 6.85. The van der Waals surface area contributed by atoms with Crippen LogP contribution in [0.15, 0.2) is 29.8 Å². The van der Waals surface area contributed by atoms with Crippen molar-refractivity contribution >= 4 is 10.8 Å². The molecule has 1 aliphatic carbocycles. The fraction of sp³-hybridized carbons (Fsp3) is 0.538. The van der Waals surface area contributed by atoms with Gasteiger partial charge in [-0.3, -0.25) is 0 Å². The zero-order valence-corrected chi connectivity index (χ0v) is 18.4. The van der Waals surface area contributed by atoms with Crippen molar-refractivity contribution in [2.45, 2.75) is 70.8 Å². The first-order valence-corrected chi connectivity index (χ1v) is 11.6. The minimum absolute atomic E-state index is 0.0503. The highest BCUT2D eigenvalue weighted by molar-refractivity contribution is 5.86. The highest BCUT2D eigenvalue weighted by Gasteiger charge is 2.30. The summed E-state index contributed by atoms with van der Waals surface area (Å²) >= 11 is 0. The largest absolute Gasteiger partial charge is 0.491 e. The standard InChI is InChI=1S/C26H31F3O2/c1-3-5-20-12-10-19(15-31-20)16-6-8-17(9-7-16)21-14-18-11-13-22(30-4-2)25(28)23(18)26(29)24(21)27/h10-11,13-14,16-17,20H,3-9,12,15H2,1-2H3. The van der Waals surface area contributed by atoms with E-state index in [2.05, 4.69) is 13.0 Å². The molecule has 0 N–H and O–H groups in total. The minimum Gasteiger partial charge on any atom is -0.491 e. The lowest BCUT2D eigenvalue weighted by Gasteiger charge is -2.33. The van der Waals surface area contributed by atoms with Gasteiger partial charge in [-0.1, -0.05) is 25.5 Å². The Labute approximate surface area is 182 Å². The molecule has 168 valence electrons. The predicted octanol–water partition coefficient (Wildman–Crippen LogP) is 7.45. The van der Waals surface area contributed by atoms with Gasteiger partial charge in [0.2, 0.25) is 0 Å². The first kappa shape index (κ1) is 22.2. The summed E-state index contributed by atoms with van der Waals surface area (Å²) < 4.78 is 55.7. The number of hydrogen-bond donors (Lipinski definition) is 0. The van der Waals surface area contributed by atoms with Gasteiger partial charge in [-0.15, -0.1) is 0 Å². The monoisotopic (exact) mass is 432 g/mol. The molecule has 2 aliphatic rings. The molecule has 0 bridgehead atoms. The number of ether oxygens (including phenoxy) is 2. The highest BCUT2D eigenvalue weighted by Crippen LogP contribution is 2.42. The Kier molecular flexibility index (Phi) is 6.90. The molecule has 0 aromatic heterocycles. The Balaban J connectivity index is 1.50. The Morgan fingerprint density at radius 2 is 1.71 bits per heavy atom. The van der Waals surface area contributed by atoms with E-state index in [9.17, 15) is 13.2 Å². The van der Waals surface area contributed by atoms with E-state index in [1.807, 2.05) is 0 Å². The molecule has 0 spiro atoms. The van der Waals surface area contributed by atoms with E-state index in [0.717, 1.165) is 44.9 Å². The Morgan fingerprint density at radius 1 is 0.968 bits per heavy atom. The van der Waals surface area contributed by atoms with Crippen LogP contribution in [0.4, 0.5) is 13.2 Å². The summed E-state index contributed by atoms with van der Waals surface area (Å²) in [7, 11) is 0. The molecule has 1 fully saturated rings. The Morgan fingerprint density at radius 3 is 2.35 bits per heavy atom. The molecule has 2 nitrogen and oxygen atoms in total. The maximum Gasteiger partial charge on any atom is 0.175 e. The number of hydrogen-bond acceptors (Lipinski definition) is 2. The molecule has 1 unspecified atom stereocenters. The first-order valence-electron chi connectivity index (χ1n) is 11.6. The van der Waals surface area contributed by atoms with Crippen molar-refractivity contribution in [1.82, 2.24) is 0 Å². The molecule has 0 amide bonds. The van der Waals surface area contributed by atoms with Crippen LogP contribution in [-0.4, -0.2) is 19.3 Å². The number of halogens is 3. The second-order valence-electron chi connectivity index (χ2n) is 8.79. The van der Waals surface area contributed by atoms with Gasteiger partial charge in [0, 0.05) is 0 Å². The molecule has 2 aromatic carbocycles. The summed E-state index contributed by atoms with van der Waals surface area (Å²) in [5, 5.41) is 0.0503. The third kappa shape index (κ3) is 4.48.